The third-order valence-electron chi connectivity index (χ3n) is 5.62. The van der Waals surface area contributed by atoms with Gasteiger partial charge in [0.05, 0.1) is 17.9 Å². The molecule has 1 amide bonds. The number of piperidine rings is 1. The molecule has 1 unspecified atom stereocenters. The van der Waals surface area contributed by atoms with Gasteiger partial charge in [0.1, 0.15) is 5.75 Å². The normalized spacial score (nSPS) is 20.2. The van der Waals surface area contributed by atoms with E-state index >= 15 is 0 Å². The van der Waals surface area contributed by atoms with Gasteiger partial charge >= 0.3 is 0 Å². The number of nitrogen functional groups attached to an aromatic ring is 1. The van der Waals surface area contributed by atoms with Crippen molar-refractivity contribution >= 4 is 11.6 Å². The second kappa shape index (κ2) is 10.2. The fourth-order valence-electron chi connectivity index (χ4n) is 4.07. The number of benzene rings is 1. The smallest absolute Gasteiger partial charge is 0.255 e. The fourth-order valence-corrected chi connectivity index (χ4v) is 4.07. The van der Waals surface area contributed by atoms with E-state index in [0.29, 0.717) is 17.9 Å². The van der Waals surface area contributed by atoms with E-state index in [1.807, 2.05) is 6.92 Å². The van der Waals surface area contributed by atoms with E-state index in [1.54, 1.807) is 6.07 Å². The van der Waals surface area contributed by atoms with Crippen molar-refractivity contribution < 1.29 is 14.4 Å². The minimum atomic E-state index is -0.223. The molecule has 0 aromatic heterocycles. The number of rotatable bonds is 8. The van der Waals surface area contributed by atoms with Crippen molar-refractivity contribution in [3.05, 3.63) is 29.8 Å². The van der Waals surface area contributed by atoms with E-state index in [2.05, 4.69) is 27.6 Å². The van der Waals surface area contributed by atoms with E-state index in [-0.39, 0.29) is 23.4 Å². The molecular weight excluding hydrogens is 370 g/mol. The van der Waals surface area contributed by atoms with Crippen LogP contribution in [-0.4, -0.2) is 43.1 Å². The van der Waals surface area contributed by atoms with Gasteiger partial charge in [0.25, 0.3) is 5.91 Å². The van der Waals surface area contributed by atoms with Gasteiger partial charge in [-0.1, -0.05) is 12.2 Å². The first kappa shape index (κ1) is 21.1. The van der Waals surface area contributed by atoms with Crippen molar-refractivity contribution in [2.24, 2.45) is 11.2 Å². The first-order valence-corrected chi connectivity index (χ1v) is 10.4. The quantitative estimate of drug-likeness (QED) is 0.267. The van der Waals surface area contributed by atoms with Gasteiger partial charge in [0.15, 0.2) is 5.75 Å². The fraction of sp³-hybridized carbons (Fsp3) is 0.571. The molecule has 1 aliphatic heterocycles. The van der Waals surface area contributed by atoms with Crippen molar-refractivity contribution in [2.75, 3.05) is 32.0 Å². The van der Waals surface area contributed by atoms with Crippen LogP contribution in [0.1, 0.15) is 49.4 Å². The average molecular weight is 402 g/mol. The van der Waals surface area contributed by atoms with Gasteiger partial charge in [-0.25, -0.2) is 0 Å². The highest BCUT2D eigenvalue weighted by atomic mass is 16.6. The summed E-state index contributed by atoms with van der Waals surface area (Å²) in [5.41, 5.74) is 13.4. The summed E-state index contributed by atoms with van der Waals surface area (Å²) in [5.74, 6) is 1.11. The molecule has 1 saturated heterocycles. The molecule has 1 aromatic carbocycles. The van der Waals surface area contributed by atoms with Gasteiger partial charge in [-0.2, -0.15) is 5.53 Å². The molecule has 1 heterocycles. The minimum Gasteiger partial charge on any atom is -0.493 e. The van der Waals surface area contributed by atoms with Crippen LogP contribution in [-0.2, 0) is 0 Å². The monoisotopic (exact) mass is 401 g/mol. The van der Waals surface area contributed by atoms with Gasteiger partial charge in [-0.3, -0.25) is 4.79 Å². The standard InChI is InChI=1S/C21H31N5O3/c1-2-28-19-13-18(22)20(29-25-23)12-17(19)21(27)24-16-8-10-26(11-9-16)14-15-6-4-3-5-7-15/h3-4,12-13,15-16,23H,2,5-11,14,22H2,1H3,(H,24,27). The lowest BCUT2D eigenvalue weighted by Crippen LogP contribution is -2.45. The number of hydrogen-bond acceptors (Lipinski definition) is 7. The summed E-state index contributed by atoms with van der Waals surface area (Å²) in [7, 11) is 0. The van der Waals surface area contributed by atoms with Crippen LogP contribution in [0.25, 0.3) is 0 Å². The number of anilines is 1. The van der Waals surface area contributed by atoms with Gasteiger partial charge in [0.2, 0.25) is 0 Å². The Balaban J connectivity index is 1.58. The number of nitrogens with two attached hydrogens (primary N) is 1. The van der Waals surface area contributed by atoms with Gasteiger partial charge in [-0.15, -0.1) is 0 Å². The van der Waals surface area contributed by atoms with Gasteiger partial charge in [-0.05, 0) is 44.9 Å². The first-order chi connectivity index (χ1) is 14.1. The Hall–Kier alpha value is -2.61. The van der Waals surface area contributed by atoms with Gasteiger partial charge in [0, 0.05) is 43.1 Å². The Bertz CT molecular complexity index is 744. The van der Waals surface area contributed by atoms with E-state index in [1.165, 1.54) is 25.3 Å². The Morgan fingerprint density at radius 3 is 2.72 bits per heavy atom. The maximum Gasteiger partial charge on any atom is 0.255 e. The molecule has 8 nitrogen and oxygen atoms in total. The van der Waals surface area contributed by atoms with Crippen molar-refractivity contribution in [1.29, 1.82) is 5.53 Å². The molecule has 1 fully saturated rings. The van der Waals surface area contributed by atoms with Crippen molar-refractivity contribution in [3.63, 3.8) is 0 Å². The molecule has 29 heavy (non-hydrogen) atoms. The van der Waals surface area contributed by atoms with Crippen LogP contribution >= 0.6 is 0 Å². The summed E-state index contributed by atoms with van der Waals surface area (Å²) in [4.78, 5) is 20.3. The predicted molar refractivity (Wildman–Crippen MR) is 111 cm³/mol. The number of carbonyl (C=O) groups excluding carboxylic acids is 1. The van der Waals surface area contributed by atoms with Crippen molar-refractivity contribution in [3.8, 4) is 11.5 Å². The maximum atomic E-state index is 12.9. The lowest BCUT2D eigenvalue weighted by atomic mass is 9.93. The third-order valence-corrected chi connectivity index (χ3v) is 5.62. The molecule has 158 valence electrons. The number of likely N-dealkylation sites (tertiary alicyclic amines) is 1. The van der Waals surface area contributed by atoms with Crippen molar-refractivity contribution in [1.82, 2.24) is 10.2 Å². The third kappa shape index (κ3) is 5.69. The Kier molecular flexibility index (Phi) is 7.46. The SMILES string of the molecule is CCOc1cc(N)c(ON=N)cc1C(=O)NC1CCN(CC2CC=CCC2)CC1. The summed E-state index contributed by atoms with van der Waals surface area (Å²) < 4.78 is 5.58. The molecule has 3 rings (SSSR count). The zero-order chi connectivity index (χ0) is 20.6. The number of nitrogens with zero attached hydrogens (tertiary/aromatic N) is 2. The maximum absolute atomic E-state index is 12.9. The Labute approximate surface area is 171 Å². The second-order valence-electron chi connectivity index (χ2n) is 7.70. The number of amides is 1. The Morgan fingerprint density at radius 1 is 1.28 bits per heavy atom. The summed E-state index contributed by atoms with van der Waals surface area (Å²) in [6, 6.07) is 3.15. The summed E-state index contributed by atoms with van der Waals surface area (Å²) in [6.45, 7) is 5.40. The molecule has 2 aliphatic rings. The molecule has 1 aliphatic carbocycles. The Morgan fingerprint density at radius 2 is 2.07 bits per heavy atom. The largest absolute Gasteiger partial charge is 0.493 e. The molecule has 8 heteroatoms. The number of allylic oxidation sites excluding steroid dienone is 2. The topological polar surface area (TPSA) is 113 Å². The van der Waals surface area contributed by atoms with Crippen LogP contribution < -0.4 is 20.6 Å². The van der Waals surface area contributed by atoms with Crippen LogP contribution in [0.15, 0.2) is 29.6 Å². The molecule has 1 aromatic rings. The first-order valence-electron chi connectivity index (χ1n) is 10.4. The predicted octanol–water partition coefficient (Wildman–Crippen LogP) is 3.54. The molecule has 4 N–H and O–H groups in total. The molecule has 1 atom stereocenters. The lowest BCUT2D eigenvalue weighted by molar-refractivity contribution is 0.0900. The summed E-state index contributed by atoms with van der Waals surface area (Å²) in [5, 5.41) is 6.02. The van der Waals surface area contributed by atoms with Crippen LogP contribution in [0.5, 0.6) is 11.5 Å². The van der Waals surface area contributed by atoms with E-state index in [9.17, 15) is 4.79 Å². The van der Waals surface area contributed by atoms with Gasteiger partial charge < -0.3 is 25.5 Å². The van der Waals surface area contributed by atoms with Crippen LogP contribution in [0.2, 0.25) is 0 Å². The summed E-state index contributed by atoms with van der Waals surface area (Å²) >= 11 is 0. The number of hydrogen-bond donors (Lipinski definition) is 3. The number of carbonyl (C=O) groups is 1. The molecular formula is C21H31N5O3. The molecule has 0 spiro atoms. The highest BCUT2D eigenvalue weighted by Crippen LogP contribution is 2.31. The lowest BCUT2D eigenvalue weighted by Gasteiger charge is -2.35. The van der Waals surface area contributed by atoms with Crippen LogP contribution in [0, 0.1) is 11.4 Å². The van der Waals surface area contributed by atoms with E-state index in [4.69, 9.17) is 20.8 Å². The number of ether oxygens (including phenoxy) is 1. The van der Waals surface area contributed by atoms with Crippen LogP contribution in [0.3, 0.4) is 0 Å². The highest BCUT2D eigenvalue weighted by molar-refractivity contribution is 5.98. The highest BCUT2D eigenvalue weighted by Gasteiger charge is 2.25. The zero-order valence-corrected chi connectivity index (χ0v) is 17.0. The number of nitrogens with one attached hydrogen (secondary N) is 2. The molecule has 0 bridgehead atoms. The van der Waals surface area contributed by atoms with E-state index in [0.717, 1.165) is 38.4 Å². The molecule has 0 saturated carbocycles. The van der Waals surface area contributed by atoms with E-state index < -0.39 is 0 Å². The van der Waals surface area contributed by atoms with Crippen molar-refractivity contribution in [2.45, 2.75) is 45.1 Å². The second-order valence-corrected chi connectivity index (χ2v) is 7.70. The average Bonchev–Trinajstić information content (AvgIpc) is 2.72. The van der Waals surface area contributed by atoms with Crippen LogP contribution in [0.4, 0.5) is 5.69 Å². The zero-order valence-electron chi connectivity index (χ0n) is 17.0. The summed E-state index contributed by atoms with van der Waals surface area (Å²) in [6.07, 6.45) is 10.1. The minimum absolute atomic E-state index is 0.127. The molecule has 0 radical (unpaired) electrons.